The minimum atomic E-state index is -1.09. The Hall–Kier alpha value is -1.58. The van der Waals surface area contributed by atoms with Gasteiger partial charge in [-0.1, -0.05) is 0 Å². The molecule has 3 N–H and O–H groups in total. The van der Waals surface area contributed by atoms with Gasteiger partial charge in [0.25, 0.3) is 0 Å². The molecule has 0 spiro atoms. The summed E-state index contributed by atoms with van der Waals surface area (Å²) in [6.07, 6.45) is 0. The first-order chi connectivity index (χ1) is 8.77. The fourth-order valence-electron chi connectivity index (χ4n) is 1.41. The number of halogens is 1. The van der Waals surface area contributed by atoms with Gasteiger partial charge in [-0.3, -0.25) is 4.79 Å². The topological polar surface area (TPSA) is 87.1 Å². The van der Waals surface area contributed by atoms with Gasteiger partial charge >= 0.3 is 5.97 Å². The van der Waals surface area contributed by atoms with Crippen LogP contribution < -0.4 is 5.73 Å². The number of nitriles is 1. The van der Waals surface area contributed by atoms with Crippen LogP contribution in [0, 0.1) is 17.1 Å². The number of hydrogen-bond acceptors (Lipinski definition) is 4. The molecule has 102 valence electrons. The van der Waals surface area contributed by atoms with Gasteiger partial charge in [0.05, 0.1) is 11.6 Å². The van der Waals surface area contributed by atoms with E-state index in [1.807, 2.05) is 6.07 Å². The van der Waals surface area contributed by atoms with E-state index in [-0.39, 0.29) is 5.75 Å². The molecule has 0 radical (unpaired) electrons. The maximum absolute atomic E-state index is 13.6. The lowest BCUT2D eigenvalue weighted by atomic mass is 10.1. The third kappa shape index (κ3) is 3.94. The van der Waals surface area contributed by atoms with E-state index in [1.54, 1.807) is 13.8 Å². The molecule has 1 atom stereocenters. The standard InChI is InChI=1S/C13H15FN2O2S/c1-13(2,11(16)12(17)18)19-7-9-5-8(6-15)3-4-10(9)14/h3-5,11H,7,16H2,1-2H3,(H,17,18)/t11-/m1/s1. The molecule has 0 saturated heterocycles. The number of rotatable bonds is 5. The Kier molecular flexibility index (Phi) is 4.92. The number of carboxylic acid groups (broad SMARTS) is 1. The molecule has 6 heteroatoms. The summed E-state index contributed by atoms with van der Waals surface area (Å²) in [5.74, 6) is -1.25. The number of carbonyl (C=O) groups is 1. The third-order valence-electron chi connectivity index (χ3n) is 2.79. The second-order valence-electron chi connectivity index (χ2n) is 4.63. The molecular weight excluding hydrogens is 267 g/mol. The van der Waals surface area contributed by atoms with Crippen molar-refractivity contribution in [1.29, 1.82) is 5.26 Å². The smallest absolute Gasteiger partial charge is 0.321 e. The summed E-state index contributed by atoms with van der Waals surface area (Å²) in [4.78, 5) is 10.9. The van der Waals surface area contributed by atoms with Crippen LogP contribution in [0.1, 0.15) is 25.0 Å². The molecule has 0 amide bonds. The summed E-state index contributed by atoms with van der Waals surface area (Å²) in [5, 5.41) is 17.7. The Morgan fingerprint density at radius 3 is 2.79 bits per heavy atom. The van der Waals surface area contributed by atoms with Crippen LogP contribution >= 0.6 is 11.8 Å². The van der Waals surface area contributed by atoms with E-state index in [4.69, 9.17) is 16.1 Å². The summed E-state index contributed by atoms with van der Waals surface area (Å²) in [6.45, 7) is 3.39. The summed E-state index contributed by atoms with van der Waals surface area (Å²) >= 11 is 1.25. The fourth-order valence-corrected chi connectivity index (χ4v) is 2.43. The molecule has 1 aromatic rings. The minimum absolute atomic E-state index is 0.259. The van der Waals surface area contributed by atoms with Crippen LogP contribution in [0.4, 0.5) is 4.39 Å². The molecule has 0 aliphatic rings. The average molecular weight is 282 g/mol. The number of hydrogen-bond donors (Lipinski definition) is 2. The Labute approximate surface area is 115 Å². The highest BCUT2D eigenvalue weighted by molar-refractivity contribution is 7.99. The van der Waals surface area contributed by atoms with Gasteiger partial charge in [-0.15, -0.1) is 11.8 Å². The van der Waals surface area contributed by atoms with Crippen molar-refractivity contribution in [3.05, 3.63) is 35.1 Å². The van der Waals surface area contributed by atoms with Crippen LogP contribution in [0.2, 0.25) is 0 Å². The van der Waals surface area contributed by atoms with Crippen LogP contribution in [0.5, 0.6) is 0 Å². The van der Waals surface area contributed by atoms with E-state index in [1.165, 1.54) is 30.0 Å². The molecule has 0 unspecified atom stereocenters. The van der Waals surface area contributed by atoms with E-state index in [0.717, 1.165) is 0 Å². The van der Waals surface area contributed by atoms with Crippen molar-refractivity contribution in [2.75, 3.05) is 0 Å². The molecular formula is C13H15FN2O2S. The van der Waals surface area contributed by atoms with Gasteiger partial charge < -0.3 is 10.8 Å². The first-order valence-corrected chi connectivity index (χ1v) is 6.57. The molecule has 19 heavy (non-hydrogen) atoms. The van der Waals surface area contributed by atoms with Crippen LogP contribution in [0.3, 0.4) is 0 Å². The highest BCUT2D eigenvalue weighted by Gasteiger charge is 2.32. The first-order valence-electron chi connectivity index (χ1n) is 5.59. The van der Waals surface area contributed by atoms with E-state index in [0.29, 0.717) is 11.1 Å². The Morgan fingerprint density at radius 2 is 2.26 bits per heavy atom. The molecule has 0 aromatic heterocycles. The molecule has 1 aromatic carbocycles. The van der Waals surface area contributed by atoms with Gasteiger partial charge in [0.2, 0.25) is 0 Å². The lowest BCUT2D eigenvalue weighted by Gasteiger charge is -2.28. The SMILES string of the molecule is CC(C)(SCc1cc(C#N)ccc1F)[C@H](N)C(=O)O. The predicted octanol–water partition coefficient (Wildman–Crippen LogP) is 2.12. The van der Waals surface area contributed by atoms with Crippen LogP contribution in [-0.2, 0) is 10.5 Å². The van der Waals surface area contributed by atoms with Crippen LogP contribution in [0.15, 0.2) is 18.2 Å². The Balaban J connectivity index is 2.82. The van der Waals surface area contributed by atoms with E-state index < -0.39 is 22.6 Å². The fraction of sp³-hybridized carbons (Fsp3) is 0.385. The lowest BCUT2D eigenvalue weighted by molar-refractivity contribution is -0.139. The van der Waals surface area contributed by atoms with Gasteiger partial charge in [-0.2, -0.15) is 5.26 Å². The van der Waals surface area contributed by atoms with Crippen molar-refractivity contribution >= 4 is 17.7 Å². The minimum Gasteiger partial charge on any atom is -0.480 e. The van der Waals surface area contributed by atoms with Gasteiger partial charge in [0, 0.05) is 10.5 Å². The molecule has 0 aliphatic carbocycles. The number of nitrogens with zero attached hydrogens (tertiary/aromatic N) is 1. The van der Waals surface area contributed by atoms with Crippen LogP contribution in [0.25, 0.3) is 0 Å². The second-order valence-corrected chi connectivity index (χ2v) is 6.26. The first kappa shape index (κ1) is 15.5. The summed E-state index contributed by atoms with van der Waals surface area (Å²) in [7, 11) is 0. The van der Waals surface area contributed by atoms with Crippen molar-refractivity contribution in [1.82, 2.24) is 0 Å². The zero-order chi connectivity index (χ0) is 14.6. The van der Waals surface area contributed by atoms with Crippen molar-refractivity contribution in [2.45, 2.75) is 30.4 Å². The molecule has 0 saturated carbocycles. The number of benzene rings is 1. The summed E-state index contributed by atoms with van der Waals surface area (Å²) < 4.78 is 12.8. The van der Waals surface area contributed by atoms with Crippen LogP contribution in [-0.4, -0.2) is 21.9 Å². The van der Waals surface area contributed by atoms with Crippen molar-refractivity contribution in [3.63, 3.8) is 0 Å². The van der Waals surface area contributed by atoms with E-state index in [2.05, 4.69) is 0 Å². The number of aliphatic carboxylic acids is 1. The van der Waals surface area contributed by atoms with E-state index in [9.17, 15) is 9.18 Å². The van der Waals surface area contributed by atoms with Gasteiger partial charge in [0.15, 0.2) is 0 Å². The lowest BCUT2D eigenvalue weighted by Crippen LogP contribution is -2.46. The Morgan fingerprint density at radius 1 is 1.63 bits per heavy atom. The van der Waals surface area contributed by atoms with Crippen molar-refractivity contribution in [2.24, 2.45) is 5.73 Å². The second kappa shape index (κ2) is 6.04. The summed E-state index contributed by atoms with van der Waals surface area (Å²) in [5.41, 5.74) is 6.33. The quantitative estimate of drug-likeness (QED) is 0.863. The summed E-state index contributed by atoms with van der Waals surface area (Å²) in [6, 6.07) is 4.99. The van der Waals surface area contributed by atoms with Gasteiger partial charge in [-0.05, 0) is 37.6 Å². The highest BCUT2D eigenvalue weighted by atomic mass is 32.2. The van der Waals surface area contributed by atoms with Gasteiger partial charge in [0.1, 0.15) is 11.9 Å². The molecule has 0 aliphatic heterocycles. The molecule has 0 bridgehead atoms. The number of carboxylic acids is 1. The monoisotopic (exact) mass is 282 g/mol. The third-order valence-corrected chi connectivity index (χ3v) is 4.24. The van der Waals surface area contributed by atoms with E-state index >= 15 is 0 Å². The molecule has 0 fully saturated rings. The largest absolute Gasteiger partial charge is 0.480 e. The van der Waals surface area contributed by atoms with Gasteiger partial charge in [-0.25, -0.2) is 4.39 Å². The maximum Gasteiger partial charge on any atom is 0.321 e. The number of thioether (sulfide) groups is 1. The van der Waals surface area contributed by atoms with Crippen molar-refractivity contribution < 1.29 is 14.3 Å². The normalized spacial score (nSPS) is 12.8. The predicted molar refractivity (Wildman–Crippen MR) is 72.1 cm³/mol. The zero-order valence-corrected chi connectivity index (χ0v) is 11.5. The van der Waals surface area contributed by atoms with Crippen molar-refractivity contribution in [3.8, 4) is 6.07 Å². The number of nitrogens with two attached hydrogens (primary N) is 1. The average Bonchev–Trinajstić information content (AvgIpc) is 2.36. The zero-order valence-electron chi connectivity index (χ0n) is 10.7. The molecule has 1 rings (SSSR count). The molecule has 0 heterocycles. The Bertz CT molecular complexity index is 526. The molecule has 4 nitrogen and oxygen atoms in total. The maximum atomic E-state index is 13.6. The highest BCUT2D eigenvalue weighted by Crippen LogP contribution is 2.31.